The van der Waals surface area contributed by atoms with Crippen molar-refractivity contribution in [1.29, 1.82) is 0 Å². The van der Waals surface area contributed by atoms with E-state index in [-0.39, 0.29) is 18.4 Å². The number of carbonyl (C=O) groups is 2. The van der Waals surface area contributed by atoms with E-state index >= 15 is 0 Å². The van der Waals surface area contributed by atoms with E-state index in [0.29, 0.717) is 25.2 Å². The number of nitrogens with two attached hydrogens (primary N) is 1. The van der Waals surface area contributed by atoms with Crippen LogP contribution in [0.5, 0.6) is 0 Å². The molecule has 1 rings (SSSR count). The van der Waals surface area contributed by atoms with E-state index in [4.69, 9.17) is 5.73 Å². The molecule has 0 saturated carbocycles. The molecule has 0 atom stereocenters. The average Bonchev–Trinajstić information content (AvgIpc) is 2.48. The molecule has 0 aromatic heterocycles. The van der Waals surface area contributed by atoms with E-state index in [2.05, 4.69) is 0 Å². The van der Waals surface area contributed by atoms with Gasteiger partial charge in [0.15, 0.2) is 0 Å². The molecule has 0 aliphatic rings. The fourth-order valence-electron chi connectivity index (χ4n) is 2.20. The van der Waals surface area contributed by atoms with Crippen molar-refractivity contribution in [3.8, 4) is 0 Å². The SMILES string of the molecule is CCN(CC)C(=O)CN(C)C(=O)c1cccc(CCN)c1. The van der Waals surface area contributed by atoms with Crippen LogP contribution in [0.3, 0.4) is 0 Å². The molecule has 0 aliphatic carbocycles. The normalized spacial score (nSPS) is 10.3. The van der Waals surface area contributed by atoms with E-state index in [1.165, 1.54) is 4.90 Å². The predicted octanol–water partition coefficient (Wildman–Crippen LogP) is 1.13. The fourth-order valence-corrected chi connectivity index (χ4v) is 2.20. The zero-order chi connectivity index (χ0) is 15.8. The molecular weight excluding hydrogens is 266 g/mol. The third-order valence-corrected chi connectivity index (χ3v) is 3.44. The Morgan fingerprint density at radius 3 is 2.43 bits per heavy atom. The van der Waals surface area contributed by atoms with Gasteiger partial charge in [-0.2, -0.15) is 0 Å². The van der Waals surface area contributed by atoms with Gasteiger partial charge >= 0.3 is 0 Å². The Labute approximate surface area is 126 Å². The maximum absolute atomic E-state index is 12.4. The molecule has 116 valence electrons. The van der Waals surface area contributed by atoms with Crippen molar-refractivity contribution in [2.45, 2.75) is 20.3 Å². The second-order valence-corrected chi connectivity index (χ2v) is 4.97. The highest BCUT2D eigenvalue weighted by Gasteiger charge is 2.17. The van der Waals surface area contributed by atoms with Crippen molar-refractivity contribution in [2.24, 2.45) is 5.73 Å². The Bertz CT molecular complexity index is 484. The number of nitrogens with zero attached hydrogens (tertiary/aromatic N) is 2. The summed E-state index contributed by atoms with van der Waals surface area (Å²) < 4.78 is 0. The van der Waals surface area contributed by atoms with Crippen LogP contribution in [0.1, 0.15) is 29.8 Å². The first-order valence-corrected chi connectivity index (χ1v) is 7.35. The van der Waals surface area contributed by atoms with Crippen LogP contribution < -0.4 is 5.73 Å². The fraction of sp³-hybridized carbons (Fsp3) is 0.500. The summed E-state index contributed by atoms with van der Waals surface area (Å²) in [6.45, 7) is 5.82. The van der Waals surface area contributed by atoms with Crippen molar-refractivity contribution >= 4 is 11.8 Å². The minimum absolute atomic E-state index is 0.0334. The molecule has 0 fully saturated rings. The van der Waals surface area contributed by atoms with Crippen LogP contribution in [0, 0.1) is 0 Å². The molecule has 5 heteroatoms. The quantitative estimate of drug-likeness (QED) is 0.819. The summed E-state index contributed by atoms with van der Waals surface area (Å²) in [6, 6.07) is 7.40. The molecule has 0 bridgehead atoms. The zero-order valence-corrected chi connectivity index (χ0v) is 13.1. The lowest BCUT2D eigenvalue weighted by Gasteiger charge is -2.23. The van der Waals surface area contributed by atoms with Crippen LogP contribution in [-0.2, 0) is 11.2 Å². The van der Waals surface area contributed by atoms with Crippen LogP contribution in [0.15, 0.2) is 24.3 Å². The molecule has 1 aromatic carbocycles. The maximum Gasteiger partial charge on any atom is 0.254 e. The predicted molar refractivity (Wildman–Crippen MR) is 84.1 cm³/mol. The summed E-state index contributed by atoms with van der Waals surface area (Å²) >= 11 is 0. The van der Waals surface area contributed by atoms with Crippen LogP contribution in [-0.4, -0.2) is 54.8 Å². The first-order valence-electron chi connectivity index (χ1n) is 7.35. The molecule has 0 unspecified atom stereocenters. The van der Waals surface area contributed by atoms with Gasteiger partial charge in [-0.3, -0.25) is 9.59 Å². The maximum atomic E-state index is 12.4. The lowest BCUT2D eigenvalue weighted by atomic mass is 10.1. The van der Waals surface area contributed by atoms with Gasteiger partial charge < -0.3 is 15.5 Å². The highest BCUT2D eigenvalue weighted by molar-refractivity contribution is 5.96. The molecule has 5 nitrogen and oxygen atoms in total. The smallest absolute Gasteiger partial charge is 0.254 e. The van der Waals surface area contributed by atoms with Crippen molar-refractivity contribution in [1.82, 2.24) is 9.80 Å². The van der Waals surface area contributed by atoms with Crippen molar-refractivity contribution < 1.29 is 9.59 Å². The zero-order valence-electron chi connectivity index (χ0n) is 13.1. The minimum atomic E-state index is -0.144. The van der Waals surface area contributed by atoms with Gasteiger partial charge in [-0.15, -0.1) is 0 Å². The molecule has 0 radical (unpaired) electrons. The molecule has 0 heterocycles. The Kier molecular flexibility index (Phi) is 6.88. The first kappa shape index (κ1) is 17.2. The summed E-state index contributed by atoms with van der Waals surface area (Å²) in [7, 11) is 1.65. The summed E-state index contributed by atoms with van der Waals surface area (Å²) in [4.78, 5) is 27.6. The highest BCUT2D eigenvalue weighted by Crippen LogP contribution is 2.08. The van der Waals surface area contributed by atoms with Gasteiger partial charge in [-0.1, -0.05) is 12.1 Å². The number of likely N-dealkylation sites (N-methyl/N-ethyl adjacent to an activating group) is 2. The monoisotopic (exact) mass is 291 g/mol. The first-order chi connectivity index (χ1) is 10.0. The summed E-state index contributed by atoms with van der Waals surface area (Å²) in [6.07, 6.45) is 0.739. The number of rotatable bonds is 7. The minimum Gasteiger partial charge on any atom is -0.342 e. The average molecular weight is 291 g/mol. The molecule has 2 amide bonds. The number of benzene rings is 1. The van der Waals surface area contributed by atoms with Crippen LogP contribution in [0.2, 0.25) is 0 Å². The Balaban J connectivity index is 2.74. The molecule has 0 saturated heterocycles. The summed E-state index contributed by atoms with van der Waals surface area (Å²) in [5.74, 6) is -0.177. The van der Waals surface area contributed by atoms with E-state index in [1.807, 2.05) is 32.0 Å². The van der Waals surface area contributed by atoms with Gasteiger partial charge in [0, 0.05) is 25.7 Å². The highest BCUT2D eigenvalue weighted by atomic mass is 16.2. The number of amides is 2. The Morgan fingerprint density at radius 1 is 1.19 bits per heavy atom. The Morgan fingerprint density at radius 2 is 1.86 bits per heavy atom. The topological polar surface area (TPSA) is 66.6 Å². The lowest BCUT2D eigenvalue weighted by molar-refractivity contribution is -0.131. The molecule has 2 N–H and O–H groups in total. The largest absolute Gasteiger partial charge is 0.342 e. The standard InChI is InChI=1S/C16H25N3O2/c1-4-19(5-2)15(20)12-18(3)16(21)14-8-6-7-13(11-14)9-10-17/h6-8,11H,4-5,9-10,12,17H2,1-3H3. The van der Waals surface area contributed by atoms with Crippen molar-refractivity contribution in [3.63, 3.8) is 0 Å². The van der Waals surface area contributed by atoms with Gasteiger partial charge in [0.05, 0.1) is 6.54 Å². The molecule has 1 aromatic rings. The van der Waals surface area contributed by atoms with Gasteiger partial charge in [0.1, 0.15) is 0 Å². The van der Waals surface area contributed by atoms with Gasteiger partial charge in [-0.25, -0.2) is 0 Å². The number of hydrogen-bond acceptors (Lipinski definition) is 3. The number of hydrogen-bond donors (Lipinski definition) is 1. The van der Waals surface area contributed by atoms with Gasteiger partial charge in [0.25, 0.3) is 5.91 Å². The van der Waals surface area contributed by atoms with Crippen molar-refractivity contribution in [3.05, 3.63) is 35.4 Å². The third-order valence-electron chi connectivity index (χ3n) is 3.44. The van der Waals surface area contributed by atoms with E-state index < -0.39 is 0 Å². The third kappa shape index (κ3) is 4.86. The van der Waals surface area contributed by atoms with Crippen LogP contribution in [0.4, 0.5) is 0 Å². The van der Waals surface area contributed by atoms with Crippen molar-refractivity contribution in [2.75, 3.05) is 33.2 Å². The number of carbonyl (C=O) groups excluding carboxylic acids is 2. The molecule has 21 heavy (non-hydrogen) atoms. The van der Waals surface area contributed by atoms with Gasteiger partial charge in [-0.05, 0) is 44.5 Å². The molecule has 0 spiro atoms. The molecular formula is C16H25N3O2. The second kappa shape index (κ2) is 8.42. The second-order valence-electron chi connectivity index (χ2n) is 4.97. The Hall–Kier alpha value is -1.88. The van der Waals surface area contributed by atoms with E-state index in [0.717, 1.165) is 12.0 Å². The summed E-state index contributed by atoms with van der Waals surface area (Å²) in [5, 5.41) is 0. The van der Waals surface area contributed by atoms with E-state index in [9.17, 15) is 9.59 Å². The van der Waals surface area contributed by atoms with Crippen LogP contribution in [0.25, 0.3) is 0 Å². The van der Waals surface area contributed by atoms with Gasteiger partial charge in [0.2, 0.25) is 5.91 Å². The summed E-state index contributed by atoms with van der Waals surface area (Å²) in [5.41, 5.74) is 7.16. The van der Waals surface area contributed by atoms with Crippen LogP contribution >= 0.6 is 0 Å². The van der Waals surface area contributed by atoms with E-state index in [1.54, 1.807) is 18.0 Å². The lowest BCUT2D eigenvalue weighted by Crippen LogP contribution is -2.41. The molecule has 0 aliphatic heterocycles.